The van der Waals surface area contributed by atoms with E-state index < -0.39 is 0 Å². The standard InChI is InChI=1S/C29H28O4/c1-31-28-18-27(32-20-23-13-7-3-8-14-23)25(17-22-11-5-2-6-12-22)26(19-30)29(28)33-21-24-15-9-4-10-16-24/h2-16,18,30H,17,19-21H2,1H3. The van der Waals surface area contributed by atoms with E-state index in [1.165, 1.54) is 0 Å². The molecule has 33 heavy (non-hydrogen) atoms. The van der Waals surface area contributed by atoms with E-state index in [4.69, 9.17) is 14.2 Å². The molecule has 0 aliphatic heterocycles. The highest BCUT2D eigenvalue weighted by Crippen LogP contribution is 2.41. The fourth-order valence-corrected chi connectivity index (χ4v) is 3.77. The van der Waals surface area contributed by atoms with Crippen molar-refractivity contribution in [3.05, 3.63) is 125 Å². The number of hydrogen-bond donors (Lipinski definition) is 1. The molecule has 0 radical (unpaired) electrons. The topological polar surface area (TPSA) is 47.9 Å². The summed E-state index contributed by atoms with van der Waals surface area (Å²) >= 11 is 0. The van der Waals surface area contributed by atoms with Crippen molar-refractivity contribution >= 4 is 0 Å². The molecular formula is C29H28O4. The molecule has 0 saturated heterocycles. The Hall–Kier alpha value is -3.76. The molecule has 0 heterocycles. The number of aliphatic hydroxyl groups is 1. The fourth-order valence-electron chi connectivity index (χ4n) is 3.77. The summed E-state index contributed by atoms with van der Waals surface area (Å²) in [5.41, 5.74) is 4.80. The van der Waals surface area contributed by atoms with Gasteiger partial charge in [-0.3, -0.25) is 0 Å². The predicted molar refractivity (Wildman–Crippen MR) is 130 cm³/mol. The molecule has 4 rings (SSSR count). The molecule has 0 aliphatic carbocycles. The summed E-state index contributed by atoms with van der Waals surface area (Å²) in [4.78, 5) is 0. The summed E-state index contributed by atoms with van der Waals surface area (Å²) in [6.07, 6.45) is 0.604. The lowest BCUT2D eigenvalue weighted by Gasteiger charge is -2.21. The quantitative estimate of drug-likeness (QED) is 0.332. The zero-order valence-electron chi connectivity index (χ0n) is 18.7. The normalized spacial score (nSPS) is 10.6. The lowest BCUT2D eigenvalue weighted by molar-refractivity contribution is 0.243. The third-order valence-electron chi connectivity index (χ3n) is 5.49. The third kappa shape index (κ3) is 5.73. The third-order valence-corrected chi connectivity index (χ3v) is 5.49. The molecule has 0 unspecified atom stereocenters. The minimum absolute atomic E-state index is 0.189. The van der Waals surface area contributed by atoms with Crippen LogP contribution >= 0.6 is 0 Å². The maximum atomic E-state index is 10.4. The number of aliphatic hydroxyl groups excluding tert-OH is 1. The number of rotatable bonds is 10. The molecule has 0 spiro atoms. The van der Waals surface area contributed by atoms with E-state index in [0.717, 1.165) is 22.3 Å². The van der Waals surface area contributed by atoms with Crippen molar-refractivity contribution < 1.29 is 19.3 Å². The largest absolute Gasteiger partial charge is 0.493 e. The Balaban J connectivity index is 1.72. The molecule has 0 aromatic heterocycles. The van der Waals surface area contributed by atoms with E-state index in [1.54, 1.807) is 7.11 Å². The predicted octanol–water partition coefficient (Wildman–Crippen LogP) is 5.94. The summed E-state index contributed by atoms with van der Waals surface area (Å²) in [6.45, 7) is 0.602. The Morgan fingerprint density at radius 1 is 0.606 bits per heavy atom. The summed E-state index contributed by atoms with van der Waals surface area (Å²) in [5.74, 6) is 1.76. The highest BCUT2D eigenvalue weighted by molar-refractivity contribution is 5.58. The van der Waals surface area contributed by atoms with Crippen LogP contribution < -0.4 is 14.2 Å². The van der Waals surface area contributed by atoms with Crippen LogP contribution in [-0.2, 0) is 26.2 Å². The van der Waals surface area contributed by atoms with Crippen LogP contribution in [0, 0.1) is 0 Å². The zero-order valence-corrected chi connectivity index (χ0v) is 18.7. The van der Waals surface area contributed by atoms with Crippen LogP contribution in [0.25, 0.3) is 0 Å². The molecule has 0 bridgehead atoms. The van der Waals surface area contributed by atoms with Crippen LogP contribution in [0.2, 0.25) is 0 Å². The smallest absolute Gasteiger partial charge is 0.167 e. The maximum absolute atomic E-state index is 10.4. The second kappa shape index (κ2) is 11.2. The second-order valence-electron chi connectivity index (χ2n) is 7.73. The van der Waals surface area contributed by atoms with Crippen molar-refractivity contribution in [2.45, 2.75) is 26.2 Å². The first-order chi connectivity index (χ1) is 16.3. The van der Waals surface area contributed by atoms with Gasteiger partial charge in [0.05, 0.1) is 13.7 Å². The number of ether oxygens (including phenoxy) is 3. The van der Waals surface area contributed by atoms with Gasteiger partial charge in [0.15, 0.2) is 11.5 Å². The van der Waals surface area contributed by atoms with Gasteiger partial charge in [0.25, 0.3) is 0 Å². The molecule has 4 nitrogen and oxygen atoms in total. The summed E-state index contributed by atoms with van der Waals surface area (Å²) in [6, 6.07) is 32.0. The van der Waals surface area contributed by atoms with Gasteiger partial charge in [-0.1, -0.05) is 91.0 Å². The van der Waals surface area contributed by atoms with Crippen molar-refractivity contribution in [2.24, 2.45) is 0 Å². The Kier molecular flexibility index (Phi) is 7.62. The van der Waals surface area contributed by atoms with Gasteiger partial charge < -0.3 is 19.3 Å². The first-order valence-corrected chi connectivity index (χ1v) is 11.0. The molecule has 0 saturated carbocycles. The van der Waals surface area contributed by atoms with Crippen molar-refractivity contribution in [1.82, 2.24) is 0 Å². The Labute approximate surface area is 195 Å². The van der Waals surface area contributed by atoms with E-state index in [2.05, 4.69) is 12.1 Å². The molecule has 4 aromatic carbocycles. The van der Waals surface area contributed by atoms with Crippen LogP contribution in [0.15, 0.2) is 97.1 Å². The van der Waals surface area contributed by atoms with Gasteiger partial charge in [0, 0.05) is 23.6 Å². The van der Waals surface area contributed by atoms with Crippen molar-refractivity contribution in [3.8, 4) is 17.2 Å². The molecule has 0 aliphatic rings. The van der Waals surface area contributed by atoms with Gasteiger partial charge in [-0.15, -0.1) is 0 Å². The van der Waals surface area contributed by atoms with Crippen LogP contribution in [0.5, 0.6) is 17.2 Å². The van der Waals surface area contributed by atoms with Gasteiger partial charge in [0.2, 0.25) is 0 Å². The average molecular weight is 441 g/mol. The van der Waals surface area contributed by atoms with E-state index in [0.29, 0.717) is 42.4 Å². The maximum Gasteiger partial charge on any atom is 0.167 e. The first-order valence-electron chi connectivity index (χ1n) is 11.0. The van der Waals surface area contributed by atoms with Crippen LogP contribution in [-0.4, -0.2) is 12.2 Å². The lowest BCUT2D eigenvalue weighted by atomic mass is 9.97. The molecule has 1 N–H and O–H groups in total. The Morgan fingerprint density at radius 3 is 1.64 bits per heavy atom. The number of methoxy groups -OCH3 is 1. The molecule has 0 atom stereocenters. The van der Waals surface area contributed by atoms with Crippen molar-refractivity contribution in [1.29, 1.82) is 0 Å². The highest BCUT2D eigenvalue weighted by atomic mass is 16.5. The number of hydrogen-bond acceptors (Lipinski definition) is 4. The monoisotopic (exact) mass is 440 g/mol. The first kappa shape index (κ1) is 22.4. The fraction of sp³-hybridized carbons (Fsp3) is 0.172. The van der Waals surface area contributed by atoms with Gasteiger partial charge in [-0.2, -0.15) is 0 Å². The van der Waals surface area contributed by atoms with E-state index >= 15 is 0 Å². The summed E-state index contributed by atoms with van der Waals surface area (Å²) in [5, 5.41) is 10.4. The minimum Gasteiger partial charge on any atom is -0.493 e. The van der Waals surface area contributed by atoms with Gasteiger partial charge in [-0.25, -0.2) is 0 Å². The van der Waals surface area contributed by atoms with Gasteiger partial charge in [0.1, 0.15) is 19.0 Å². The van der Waals surface area contributed by atoms with Crippen LogP contribution in [0.1, 0.15) is 27.8 Å². The molecule has 0 amide bonds. The van der Waals surface area contributed by atoms with Gasteiger partial charge in [-0.05, 0) is 16.7 Å². The zero-order chi connectivity index (χ0) is 22.9. The summed E-state index contributed by atoms with van der Waals surface area (Å²) in [7, 11) is 1.60. The Morgan fingerprint density at radius 2 is 1.12 bits per heavy atom. The van der Waals surface area contributed by atoms with E-state index in [1.807, 2.05) is 84.9 Å². The van der Waals surface area contributed by atoms with Gasteiger partial charge >= 0.3 is 0 Å². The molecule has 168 valence electrons. The minimum atomic E-state index is -0.189. The SMILES string of the molecule is COc1cc(OCc2ccccc2)c(Cc2ccccc2)c(CO)c1OCc1ccccc1. The lowest BCUT2D eigenvalue weighted by Crippen LogP contribution is -2.08. The molecule has 4 aromatic rings. The van der Waals surface area contributed by atoms with Crippen LogP contribution in [0.3, 0.4) is 0 Å². The molecule has 0 fully saturated rings. The Bertz CT molecular complexity index is 1140. The van der Waals surface area contributed by atoms with E-state index in [-0.39, 0.29) is 6.61 Å². The van der Waals surface area contributed by atoms with Crippen molar-refractivity contribution in [3.63, 3.8) is 0 Å². The molecule has 4 heteroatoms. The average Bonchev–Trinajstić information content (AvgIpc) is 2.88. The van der Waals surface area contributed by atoms with Crippen LogP contribution in [0.4, 0.5) is 0 Å². The molecular weight excluding hydrogens is 412 g/mol. The highest BCUT2D eigenvalue weighted by Gasteiger charge is 2.21. The summed E-state index contributed by atoms with van der Waals surface area (Å²) < 4.78 is 18.1. The number of benzene rings is 4. The van der Waals surface area contributed by atoms with Crippen molar-refractivity contribution in [2.75, 3.05) is 7.11 Å². The van der Waals surface area contributed by atoms with E-state index in [9.17, 15) is 5.11 Å². The second-order valence-corrected chi connectivity index (χ2v) is 7.73.